The highest BCUT2D eigenvalue weighted by Crippen LogP contribution is 2.31. The zero-order valence-electron chi connectivity index (χ0n) is 14.9. The Balaban J connectivity index is 1.70. The van der Waals surface area contributed by atoms with Crippen molar-refractivity contribution in [3.05, 3.63) is 83.2 Å². The first-order valence-corrected chi connectivity index (χ1v) is 8.56. The summed E-state index contributed by atoms with van der Waals surface area (Å²) in [4.78, 5) is 17.0. The van der Waals surface area contributed by atoms with Crippen LogP contribution < -0.4 is 5.32 Å². The van der Waals surface area contributed by atoms with Crippen LogP contribution in [0.2, 0.25) is 0 Å². The van der Waals surface area contributed by atoms with Gasteiger partial charge in [0.2, 0.25) is 5.89 Å². The van der Waals surface area contributed by atoms with Gasteiger partial charge in [-0.05, 0) is 61.4 Å². The number of nitrogens with zero attached hydrogens (tertiary/aromatic N) is 1. The van der Waals surface area contributed by atoms with Crippen molar-refractivity contribution in [2.45, 2.75) is 13.8 Å². The molecule has 1 aromatic heterocycles. The van der Waals surface area contributed by atoms with Crippen molar-refractivity contribution < 1.29 is 13.6 Å². The van der Waals surface area contributed by atoms with Crippen molar-refractivity contribution in [3.8, 4) is 11.5 Å². The molecule has 0 atom stereocenters. The molecule has 4 aromatic rings. The second kappa shape index (κ2) is 6.68. The van der Waals surface area contributed by atoms with Crippen molar-refractivity contribution in [1.82, 2.24) is 4.98 Å². The van der Waals surface area contributed by atoms with Gasteiger partial charge in [0.1, 0.15) is 11.3 Å². The zero-order chi connectivity index (χ0) is 19.0. The molecule has 0 bridgehead atoms. The van der Waals surface area contributed by atoms with Gasteiger partial charge in [0.15, 0.2) is 5.58 Å². The molecule has 0 radical (unpaired) electrons. The summed E-state index contributed by atoms with van der Waals surface area (Å²) in [6.07, 6.45) is 0. The maximum Gasteiger partial charge on any atom is 0.258 e. The van der Waals surface area contributed by atoms with Gasteiger partial charge in [-0.25, -0.2) is 9.37 Å². The molecule has 1 amide bonds. The predicted molar refractivity (Wildman–Crippen MR) is 103 cm³/mol. The normalized spacial score (nSPS) is 10.9. The molecule has 4 rings (SSSR count). The summed E-state index contributed by atoms with van der Waals surface area (Å²) < 4.78 is 19.7. The molecule has 134 valence electrons. The van der Waals surface area contributed by atoms with Crippen molar-refractivity contribution in [1.29, 1.82) is 0 Å². The number of halogens is 1. The topological polar surface area (TPSA) is 55.1 Å². The van der Waals surface area contributed by atoms with Crippen LogP contribution in [0.15, 0.2) is 65.1 Å². The van der Waals surface area contributed by atoms with Gasteiger partial charge < -0.3 is 9.73 Å². The minimum Gasteiger partial charge on any atom is -0.436 e. The Kier molecular flexibility index (Phi) is 4.20. The third-order valence-corrected chi connectivity index (χ3v) is 4.47. The van der Waals surface area contributed by atoms with E-state index in [2.05, 4.69) is 10.3 Å². The highest BCUT2D eigenvalue weighted by molar-refractivity contribution is 6.05. The number of oxazole rings is 1. The monoisotopic (exact) mass is 360 g/mol. The highest BCUT2D eigenvalue weighted by atomic mass is 19.1. The number of nitrogens with one attached hydrogen (secondary N) is 1. The van der Waals surface area contributed by atoms with E-state index in [-0.39, 0.29) is 5.56 Å². The van der Waals surface area contributed by atoms with E-state index in [4.69, 9.17) is 4.42 Å². The molecule has 0 aliphatic carbocycles. The van der Waals surface area contributed by atoms with Crippen molar-refractivity contribution in [2.24, 2.45) is 0 Å². The second-order valence-electron chi connectivity index (χ2n) is 6.40. The van der Waals surface area contributed by atoms with E-state index >= 15 is 0 Å². The molecule has 3 aromatic carbocycles. The number of hydrogen-bond donors (Lipinski definition) is 1. The van der Waals surface area contributed by atoms with Crippen LogP contribution in [0.4, 0.5) is 10.1 Å². The minimum atomic E-state index is -0.557. The number of carbonyl (C=O) groups excluding carboxylic acids is 1. The van der Waals surface area contributed by atoms with E-state index in [1.54, 1.807) is 24.3 Å². The maximum absolute atomic E-state index is 13.9. The van der Waals surface area contributed by atoms with E-state index in [1.807, 2.05) is 38.1 Å². The van der Waals surface area contributed by atoms with Crippen LogP contribution in [0, 0.1) is 19.7 Å². The average Bonchev–Trinajstić information content (AvgIpc) is 3.06. The first-order valence-electron chi connectivity index (χ1n) is 8.56. The number of hydrogen-bond acceptors (Lipinski definition) is 3. The summed E-state index contributed by atoms with van der Waals surface area (Å²) in [5, 5.41) is 2.77. The maximum atomic E-state index is 13.9. The fraction of sp³-hybridized carbons (Fsp3) is 0.0909. The molecule has 1 heterocycles. The molecule has 0 spiro atoms. The fourth-order valence-corrected chi connectivity index (χ4v) is 2.99. The largest absolute Gasteiger partial charge is 0.436 e. The molecule has 0 saturated carbocycles. The molecular formula is C22H17FN2O2. The SMILES string of the molecule is Cc1ccc2oc(-c3cccc(NC(=O)c4ccccc4F)c3C)nc2c1. The number of benzene rings is 3. The predicted octanol–water partition coefficient (Wildman–Crippen LogP) is 5.50. The lowest BCUT2D eigenvalue weighted by Crippen LogP contribution is -2.14. The van der Waals surface area contributed by atoms with Crippen LogP contribution in [-0.4, -0.2) is 10.9 Å². The fourth-order valence-electron chi connectivity index (χ4n) is 2.99. The number of anilines is 1. The second-order valence-corrected chi connectivity index (χ2v) is 6.40. The van der Waals surface area contributed by atoms with Crippen LogP contribution in [0.3, 0.4) is 0 Å². The lowest BCUT2D eigenvalue weighted by Gasteiger charge is -2.11. The number of carbonyl (C=O) groups is 1. The van der Waals surface area contributed by atoms with Crippen molar-refractivity contribution in [2.75, 3.05) is 5.32 Å². The number of aromatic nitrogens is 1. The Bertz CT molecular complexity index is 1160. The van der Waals surface area contributed by atoms with Gasteiger partial charge in [-0.2, -0.15) is 0 Å². The molecule has 27 heavy (non-hydrogen) atoms. The summed E-state index contributed by atoms with van der Waals surface area (Å²) in [7, 11) is 0. The van der Waals surface area contributed by atoms with Crippen molar-refractivity contribution >= 4 is 22.7 Å². The summed E-state index contributed by atoms with van der Waals surface area (Å²) in [6.45, 7) is 3.87. The van der Waals surface area contributed by atoms with Gasteiger partial charge >= 0.3 is 0 Å². The molecule has 0 saturated heterocycles. The highest BCUT2D eigenvalue weighted by Gasteiger charge is 2.16. The molecule has 4 nitrogen and oxygen atoms in total. The van der Waals surface area contributed by atoms with E-state index in [9.17, 15) is 9.18 Å². The Labute approximate surface area is 155 Å². The average molecular weight is 360 g/mol. The Hall–Kier alpha value is -3.47. The lowest BCUT2D eigenvalue weighted by molar-refractivity contribution is 0.102. The van der Waals surface area contributed by atoms with Gasteiger partial charge in [0, 0.05) is 11.3 Å². The van der Waals surface area contributed by atoms with Crippen LogP contribution in [-0.2, 0) is 0 Å². The minimum absolute atomic E-state index is 0.000333. The number of amides is 1. The quantitative estimate of drug-likeness (QED) is 0.525. The van der Waals surface area contributed by atoms with Crippen LogP contribution in [0.5, 0.6) is 0 Å². The number of rotatable bonds is 3. The molecule has 0 aliphatic heterocycles. The molecule has 0 aliphatic rings. The first kappa shape index (κ1) is 17.0. The van der Waals surface area contributed by atoms with Crippen molar-refractivity contribution in [3.63, 3.8) is 0 Å². The van der Waals surface area contributed by atoms with Gasteiger partial charge in [0.05, 0.1) is 5.56 Å². The van der Waals surface area contributed by atoms with Gasteiger partial charge in [0.25, 0.3) is 5.91 Å². The number of fused-ring (bicyclic) bond motifs is 1. The Morgan fingerprint density at radius 2 is 1.85 bits per heavy atom. The van der Waals surface area contributed by atoms with Crippen LogP contribution >= 0.6 is 0 Å². The Morgan fingerprint density at radius 1 is 1.04 bits per heavy atom. The molecule has 0 fully saturated rings. The molecule has 5 heteroatoms. The van der Waals surface area contributed by atoms with E-state index in [0.717, 1.165) is 22.2 Å². The van der Waals surface area contributed by atoms with Gasteiger partial charge in [-0.1, -0.05) is 24.3 Å². The summed E-state index contributed by atoms with van der Waals surface area (Å²) in [5.41, 5.74) is 4.74. The number of aryl methyl sites for hydroxylation is 1. The molecule has 1 N–H and O–H groups in total. The summed E-state index contributed by atoms with van der Waals surface area (Å²) in [6, 6.07) is 17.2. The summed E-state index contributed by atoms with van der Waals surface area (Å²) in [5.74, 6) is -0.574. The molecule has 0 unspecified atom stereocenters. The Morgan fingerprint density at radius 3 is 2.67 bits per heavy atom. The standard InChI is InChI=1S/C22H17FN2O2/c1-13-10-11-20-19(12-13)25-22(27-20)15-7-5-9-18(14(15)2)24-21(26)16-6-3-4-8-17(16)23/h3-12H,1-2H3,(H,24,26). The summed E-state index contributed by atoms with van der Waals surface area (Å²) >= 11 is 0. The smallest absolute Gasteiger partial charge is 0.258 e. The first-order chi connectivity index (χ1) is 13.0. The van der Waals surface area contributed by atoms with Crippen LogP contribution in [0.25, 0.3) is 22.6 Å². The third kappa shape index (κ3) is 3.19. The van der Waals surface area contributed by atoms with Crippen LogP contribution in [0.1, 0.15) is 21.5 Å². The van der Waals surface area contributed by atoms with E-state index in [1.165, 1.54) is 12.1 Å². The lowest BCUT2D eigenvalue weighted by atomic mass is 10.1. The van der Waals surface area contributed by atoms with Gasteiger partial charge in [-0.15, -0.1) is 0 Å². The third-order valence-electron chi connectivity index (χ3n) is 4.47. The molecular weight excluding hydrogens is 343 g/mol. The van der Waals surface area contributed by atoms with Gasteiger partial charge in [-0.3, -0.25) is 4.79 Å². The van der Waals surface area contributed by atoms with E-state index in [0.29, 0.717) is 17.2 Å². The zero-order valence-corrected chi connectivity index (χ0v) is 14.9. The van der Waals surface area contributed by atoms with E-state index < -0.39 is 11.7 Å².